The molecule has 4 saturated heterocycles. The maximum absolute atomic E-state index is 18.1. The number of nitrogens with zero attached hydrogens (tertiary/aromatic N) is 7. The molecule has 7 heterocycles. The molecule has 5 aliphatic rings. The molecule has 0 saturated carbocycles. The number of anilines is 2. The first kappa shape index (κ1) is 47.5. The minimum atomic E-state index is -4.92. The highest BCUT2D eigenvalue weighted by atomic mass is 19.4. The van der Waals surface area contributed by atoms with E-state index < -0.39 is 58.7 Å². The van der Waals surface area contributed by atoms with Gasteiger partial charge in [0, 0.05) is 49.5 Å². The summed E-state index contributed by atoms with van der Waals surface area (Å²) in [5, 5.41) is 0.115. The van der Waals surface area contributed by atoms with Gasteiger partial charge in [-0.1, -0.05) is 24.3 Å². The van der Waals surface area contributed by atoms with Crippen LogP contribution in [0.3, 0.4) is 0 Å². The number of morpholine rings is 1. The maximum Gasteiger partial charge on any atom is 0.417 e. The van der Waals surface area contributed by atoms with Crippen molar-refractivity contribution in [2.45, 2.75) is 121 Å². The number of pyridine rings is 1. The lowest BCUT2D eigenvalue weighted by molar-refractivity contribution is -0.137. The molecule has 0 aliphatic carbocycles. The molecular weight excluding hydrogens is 911 g/mol. The molecule has 4 fully saturated rings. The number of hydrogen-bond acceptors (Lipinski definition) is 13. The largest absolute Gasteiger partial charge is 0.497 e. The quantitative estimate of drug-likeness (QED) is 0.117. The van der Waals surface area contributed by atoms with Crippen LogP contribution < -0.4 is 28.7 Å². The van der Waals surface area contributed by atoms with E-state index in [0.717, 1.165) is 30.5 Å². The summed E-state index contributed by atoms with van der Waals surface area (Å²) >= 11 is 0. The average molecular weight is 970 g/mol. The summed E-state index contributed by atoms with van der Waals surface area (Å²) in [7, 11) is 3.15. The molecular formula is C52H59F4N7O7. The Labute approximate surface area is 404 Å². The molecule has 5 aliphatic heterocycles. The highest BCUT2D eigenvalue weighted by Crippen LogP contribution is 2.49. The molecule has 1 amide bonds. The van der Waals surface area contributed by atoms with Crippen LogP contribution in [0.2, 0.25) is 0 Å². The van der Waals surface area contributed by atoms with Crippen molar-refractivity contribution in [2.75, 3.05) is 56.9 Å². The lowest BCUT2D eigenvalue weighted by Gasteiger charge is -2.48. The Morgan fingerprint density at radius 1 is 0.886 bits per heavy atom. The number of amides is 1. The van der Waals surface area contributed by atoms with Crippen molar-refractivity contribution in [2.24, 2.45) is 0 Å². The SMILES string of the molecule is COc1ccc(CN(Cc2ccc(OC)cc2)c2cc(C)c(C(F)(F)F)c(-c3nc4c5c(nc(OC[C@@H]6CC[C@H]7COCCN76)nc5c3F)N3C[C@H]5CC[C@@H]([C@H]3[C@H](C)O4)N5C(=O)OC(C)(C)C)c2)cc1. The Morgan fingerprint density at radius 2 is 1.56 bits per heavy atom. The first-order chi connectivity index (χ1) is 33.5. The van der Waals surface area contributed by atoms with Gasteiger partial charge in [-0.15, -0.1) is 0 Å². The Hall–Kier alpha value is -6.14. The van der Waals surface area contributed by atoms with Crippen molar-refractivity contribution in [3.63, 3.8) is 0 Å². The minimum Gasteiger partial charge on any atom is -0.497 e. The second-order valence-corrected chi connectivity index (χ2v) is 20.0. The van der Waals surface area contributed by atoms with E-state index in [1.807, 2.05) is 86.0 Å². The van der Waals surface area contributed by atoms with Crippen LogP contribution in [-0.4, -0.2) is 120 Å². The van der Waals surface area contributed by atoms with Gasteiger partial charge in [-0.3, -0.25) is 9.80 Å². The number of ether oxygens (including phenoxy) is 6. The second-order valence-electron chi connectivity index (χ2n) is 20.0. The van der Waals surface area contributed by atoms with E-state index in [4.69, 9.17) is 38.4 Å². The van der Waals surface area contributed by atoms with Crippen molar-refractivity contribution < 1.29 is 50.8 Å². The van der Waals surface area contributed by atoms with E-state index in [1.54, 1.807) is 19.1 Å². The van der Waals surface area contributed by atoms with Crippen LogP contribution in [-0.2, 0) is 28.7 Å². The van der Waals surface area contributed by atoms with Gasteiger partial charge in [-0.25, -0.2) is 14.2 Å². The molecule has 372 valence electrons. The van der Waals surface area contributed by atoms with Crippen LogP contribution in [0.4, 0.5) is 33.9 Å². The van der Waals surface area contributed by atoms with Gasteiger partial charge in [0.15, 0.2) is 5.82 Å². The topological polar surface area (TPSA) is 124 Å². The zero-order chi connectivity index (χ0) is 49.2. The van der Waals surface area contributed by atoms with Crippen LogP contribution >= 0.6 is 0 Å². The molecule has 10 rings (SSSR count). The Balaban J connectivity index is 1.12. The molecule has 5 aromatic rings. The predicted molar refractivity (Wildman–Crippen MR) is 254 cm³/mol. The van der Waals surface area contributed by atoms with Crippen molar-refractivity contribution in [3.8, 4) is 34.6 Å². The van der Waals surface area contributed by atoms with E-state index in [2.05, 4.69) is 9.88 Å². The molecule has 6 atom stereocenters. The van der Waals surface area contributed by atoms with Crippen LogP contribution in [0.15, 0.2) is 60.7 Å². The summed E-state index contributed by atoms with van der Waals surface area (Å²) in [6.45, 7) is 11.7. The van der Waals surface area contributed by atoms with Crippen LogP contribution in [0.1, 0.15) is 75.6 Å². The summed E-state index contributed by atoms with van der Waals surface area (Å²) in [6, 6.07) is 16.7. The van der Waals surface area contributed by atoms with Crippen molar-refractivity contribution in [1.82, 2.24) is 24.8 Å². The van der Waals surface area contributed by atoms with Crippen molar-refractivity contribution in [1.29, 1.82) is 0 Å². The molecule has 14 nitrogen and oxygen atoms in total. The number of piperazine rings is 1. The molecule has 0 unspecified atom stereocenters. The summed E-state index contributed by atoms with van der Waals surface area (Å²) in [5.41, 5.74) is -1.14. The number of rotatable bonds is 11. The van der Waals surface area contributed by atoms with Crippen LogP contribution in [0.5, 0.6) is 23.4 Å². The van der Waals surface area contributed by atoms with E-state index in [9.17, 15) is 4.79 Å². The predicted octanol–water partition coefficient (Wildman–Crippen LogP) is 9.36. The van der Waals surface area contributed by atoms with Gasteiger partial charge in [0.1, 0.15) is 52.2 Å². The number of fused-ring (bicyclic) bond motifs is 6. The summed E-state index contributed by atoms with van der Waals surface area (Å²) in [4.78, 5) is 36.4. The lowest BCUT2D eigenvalue weighted by atomic mass is 9.95. The molecule has 3 aromatic carbocycles. The average Bonchev–Trinajstić information content (AvgIpc) is 3.85. The Morgan fingerprint density at radius 3 is 2.20 bits per heavy atom. The number of halogens is 4. The van der Waals surface area contributed by atoms with Gasteiger partial charge < -0.3 is 38.2 Å². The highest BCUT2D eigenvalue weighted by molar-refractivity contribution is 5.98. The van der Waals surface area contributed by atoms with E-state index in [1.165, 1.54) is 19.1 Å². The molecule has 70 heavy (non-hydrogen) atoms. The molecule has 0 radical (unpaired) electrons. The van der Waals surface area contributed by atoms with E-state index in [-0.39, 0.29) is 72.0 Å². The molecule has 18 heteroatoms. The number of hydrogen-bond donors (Lipinski definition) is 0. The number of carbonyl (C=O) groups excluding carboxylic acids is 1. The smallest absolute Gasteiger partial charge is 0.417 e. The molecule has 0 spiro atoms. The number of aromatic nitrogens is 3. The van der Waals surface area contributed by atoms with Gasteiger partial charge in [0.05, 0.1) is 51.1 Å². The van der Waals surface area contributed by atoms with Crippen LogP contribution in [0, 0.1) is 12.7 Å². The van der Waals surface area contributed by atoms with E-state index in [0.29, 0.717) is 49.8 Å². The number of aryl methyl sites for hydroxylation is 1. The summed E-state index contributed by atoms with van der Waals surface area (Å²) < 4.78 is 100. The first-order valence-corrected chi connectivity index (χ1v) is 24.0. The maximum atomic E-state index is 18.1. The third-order valence-corrected chi connectivity index (χ3v) is 14.3. The molecule has 2 aromatic heterocycles. The molecule has 2 bridgehead atoms. The Kier molecular flexibility index (Phi) is 12.6. The molecule has 0 N–H and O–H groups in total. The standard InChI is InChI=1S/C52H59F4N7O7/c1-29-22-36(60(24-31-8-15-37(65-6)16-9-31)25-32-10-17-38(66-7)18-11-32)23-39(42(29)52(54,55)56)44-43(53)45-41-47(59-49(58-45)68-28-35-13-12-34-27-67-21-20-61(34)35)62-26-33-14-19-40(46(62)30(2)69-48(41)57-44)63(33)50(64)70-51(3,4)5/h8-11,15-18,22-23,30,33-35,40,46H,12-14,19-21,24-28H2,1-7H3/t30-,33+,34-,35-,40-,46+/m0/s1. The highest BCUT2D eigenvalue weighted by Gasteiger charge is 2.54. The first-order valence-electron chi connectivity index (χ1n) is 24.0. The zero-order valence-corrected chi connectivity index (χ0v) is 40.5. The lowest BCUT2D eigenvalue weighted by Crippen LogP contribution is -2.65. The summed E-state index contributed by atoms with van der Waals surface area (Å²) in [5.74, 6) is 0.392. The van der Waals surface area contributed by atoms with Crippen molar-refractivity contribution >= 4 is 28.5 Å². The Bertz CT molecular complexity index is 2710. The number of benzene rings is 3. The third-order valence-electron chi connectivity index (χ3n) is 14.3. The van der Waals surface area contributed by atoms with Gasteiger partial charge in [0.2, 0.25) is 5.88 Å². The van der Waals surface area contributed by atoms with Crippen LogP contribution in [0.25, 0.3) is 22.2 Å². The third kappa shape index (κ3) is 9.08. The van der Waals surface area contributed by atoms with Gasteiger partial charge in [-0.2, -0.15) is 23.1 Å². The fourth-order valence-electron chi connectivity index (χ4n) is 11.2. The second kappa shape index (κ2) is 18.6. The monoisotopic (exact) mass is 969 g/mol. The van der Waals surface area contributed by atoms with Gasteiger partial charge >= 0.3 is 18.3 Å². The minimum absolute atomic E-state index is 0.0314. The zero-order valence-electron chi connectivity index (χ0n) is 40.5. The van der Waals surface area contributed by atoms with Gasteiger partial charge in [-0.05, 0) is 113 Å². The normalized spacial score (nSPS) is 23.1. The number of alkyl halides is 3. The fourth-order valence-corrected chi connectivity index (χ4v) is 11.2. The van der Waals surface area contributed by atoms with E-state index >= 15 is 17.6 Å². The summed E-state index contributed by atoms with van der Waals surface area (Å²) in [6.07, 6.45) is -2.97. The number of methoxy groups -OCH3 is 2. The fraction of sp³-hybridized carbons (Fsp3) is 0.500. The van der Waals surface area contributed by atoms with Crippen molar-refractivity contribution in [3.05, 3.63) is 88.7 Å². The number of carbonyl (C=O) groups is 1. The van der Waals surface area contributed by atoms with Gasteiger partial charge in [0.25, 0.3) is 0 Å².